The summed E-state index contributed by atoms with van der Waals surface area (Å²) in [5, 5.41) is 14.5. The summed E-state index contributed by atoms with van der Waals surface area (Å²) in [7, 11) is 0. The number of anilines is 4. The molecular weight excluding hydrogens is 350 g/mol. The van der Waals surface area contributed by atoms with Crippen molar-refractivity contribution in [3.05, 3.63) is 60.6 Å². The predicted octanol–water partition coefficient (Wildman–Crippen LogP) is 3.86. The minimum atomic E-state index is 0.467. The molecule has 1 aliphatic heterocycles. The molecule has 4 rings (SSSR count). The van der Waals surface area contributed by atoms with Crippen LogP contribution in [0.4, 0.5) is 23.1 Å². The standard InChI is InChI=1S/C21H25N7/c1-16-9-12-28(13-10-16)19-7-5-17(6-8-19)25-20-15-24-27-21(26-20)23-14-18-4-2-3-11-22-18/h2-8,11,15-16H,9-10,12-14H2,1H3,(H2,23,25,26,27). The number of piperidine rings is 1. The van der Waals surface area contributed by atoms with E-state index in [0.29, 0.717) is 18.3 Å². The Morgan fingerprint density at radius 1 is 1.07 bits per heavy atom. The molecule has 0 spiro atoms. The van der Waals surface area contributed by atoms with Gasteiger partial charge in [0, 0.05) is 30.7 Å². The molecule has 0 atom stereocenters. The summed E-state index contributed by atoms with van der Waals surface area (Å²) in [5.74, 6) is 1.95. The van der Waals surface area contributed by atoms with Crippen LogP contribution in [0.1, 0.15) is 25.5 Å². The van der Waals surface area contributed by atoms with Gasteiger partial charge in [-0.2, -0.15) is 10.1 Å². The maximum atomic E-state index is 4.47. The van der Waals surface area contributed by atoms with E-state index in [-0.39, 0.29) is 0 Å². The Hall–Kier alpha value is -3.22. The third-order valence-corrected chi connectivity index (χ3v) is 5.00. The van der Waals surface area contributed by atoms with Gasteiger partial charge in [0.05, 0.1) is 18.4 Å². The molecule has 7 nitrogen and oxygen atoms in total. The van der Waals surface area contributed by atoms with Crippen molar-refractivity contribution < 1.29 is 0 Å². The molecule has 2 N–H and O–H groups in total. The van der Waals surface area contributed by atoms with Crippen molar-refractivity contribution in [1.29, 1.82) is 0 Å². The third kappa shape index (κ3) is 4.73. The third-order valence-electron chi connectivity index (χ3n) is 5.00. The van der Waals surface area contributed by atoms with Crippen LogP contribution in [-0.4, -0.2) is 33.3 Å². The molecule has 7 heteroatoms. The van der Waals surface area contributed by atoms with Crippen molar-refractivity contribution in [2.75, 3.05) is 28.6 Å². The zero-order valence-electron chi connectivity index (χ0n) is 16.0. The fourth-order valence-corrected chi connectivity index (χ4v) is 3.28. The normalized spacial score (nSPS) is 14.7. The average molecular weight is 375 g/mol. The number of benzene rings is 1. The molecule has 28 heavy (non-hydrogen) atoms. The van der Waals surface area contributed by atoms with E-state index in [1.807, 2.05) is 18.2 Å². The van der Waals surface area contributed by atoms with Crippen LogP contribution in [0.25, 0.3) is 0 Å². The topological polar surface area (TPSA) is 78.9 Å². The molecular formula is C21H25N7. The van der Waals surface area contributed by atoms with Crippen LogP contribution in [0.2, 0.25) is 0 Å². The lowest BCUT2D eigenvalue weighted by atomic mass is 9.99. The number of pyridine rings is 1. The number of nitrogens with zero attached hydrogens (tertiary/aromatic N) is 5. The largest absolute Gasteiger partial charge is 0.372 e. The Kier molecular flexibility index (Phi) is 5.61. The van der Waals surface area contributed by atoms with E-state index < -0.39 is 0 Å². The Morgan fingerprint density at radius 3 is 2.64 bits per heavy atom. The van der Waals surface area contributed by atoms with Gasteiger partial charge in [0.2, 0.25) is 5.95 Å². The zero-order chi connectivity index (χ0) is 19.2. The van der Waals surface area contributed by atoms with Crippen molar-refractivity contribution in [3.8, 4) is 0 Å². The molecule has 0 unspecified atom stereocenters. The first-order chi connectivity index (χ1) is 13.8. The maximum absolute atomic E-state index is 4.47. The summed E-state index contributed by atoms with van der Waals surface area (Å²) in [5.41, 5.74) is 3.17. The average Bonchev–Trinajstić information content (AvgIpc) is 2.75. The number of hydrogen-bond donors (Lipinski definition) is 2. The summed E-state index contributed by atoms with van der Waals surface area (Å²) < 4.78 is 0. The van der Waals surface area contributed by atoms with E-state index in [9.17, 15) is 0 Å². The SMILES string of the molecule is CC1CCN(c2ccc(Nc3cnnc(NCc4ccccn4)n3)cc2)CC1. The molecule has 0 saturated carbocycles. The van der Waals surface area contributed by atoms with Crippen LogP contribution in [0, 0.1) is 5.92 Å². The van der Waals surface area contributed by atoms with E-state index in [1.165, 1.54) is 18.5 Å². The molecule has 1 aliphatic rings. The summed E-state index contributed by atoms with van der Waals surface area (Å²) in [6.45, 7) is 5.15. The molecule has 0 aliphatic carbocycles. The van der Waals surface area contributed by atoms with E-state index >= 15 is 0 Å². The highest BCUT2D eigenvalue weighted by Crippen LogP contribution is 2.25. The smallest absolute Gasteiger partial charge is 0.245 e. The molecule has 1 saturated heterocycles. The maximum Gasteiger partial charge on any atom is 0.245 e. The van der Waals surface area contributed by atoms with E-state index in [4.69, 9.17) is 0 Å². The fraction of sp³-hybridized carbons (Fsp3) is 0.333. The molecule has 0 amide bonds. The van der Waals surface area contributed by atoms with Crippen LogP contribution in [0.5, 0.6) is 0 Å². The van der Waals surface area contributed by atoms with Crippen LogP contribution >= 0.6 is 0 Å². The van der Waals surface area contributed by atoms with Gasteiger partial charge in [-0.05, 0) is 55.2 Å². The molecule has 144 valence electrons. The van der Waals surface area contributed by atoms with Crippen LogP contribution in [-0.2, 0) is 6.54 Å². The van der Waals surface area contributed by atoms with Crippen molar-refractivity contribution in [2.24, 2.45) is 5.92 Å². The lowest BCUT2D eigenvalue weighted by Gasteiger charge is -2.32. The predicted molar refractivity (Wildman–Crippen MR) is 112 cm³/mol. The Morgan fingerprint density at radius 2 is 1.89 bits per heavy atom. The zero-order valence-corrected chi connectivity index (χ0v) is 16.0. The van der Waals surface area contributed by atoms with Crippen molar-refractivity contribution in [3.63, 3.8) is 0 Å². The Bertz CT molecular complexity index is 875. The summed E-state index contributed by atoms with van der Waals surface area (Å²) in [4.78, 5) is 11.2. The minimum Gasteiger partial charge on any atom is -0.372 e. The minimum absolute atomic E-state index is 0.467. The van der Waals surface area contributed by atoms with Crippen molar-refractivity contribution in [2.45, 2.75) is 26.3 Å². The van der Waals surface area contributed by atoms with Crippen LogP contribution < -0.4 is 15.5 Å². The van der Waals surface area contributed by atoms with Gasteiger partial charge < -0.3 is 15.5 Å². The van der Waals surface area contributed by atoms with Crippen LogP contribution in [0.3, 0.4) is 0 Å². The van der Waals surface area contributed by atoms with Gasteiger partial charge in [-0.1, -0.05) is 13.0 Å². The Balaban J connectivity index is 1.36. The second-order valence-electron chi connectivity index (χ2n) is 7.18. The van der Waals surface area contributed by atoms with E-state index in [1.54, 1.807) is 12.4 Å². The first-order valence-electron chi connectivity index (χ1n) is 9.72. The highest BCUT2D eigenvalue weighted by molar-refractivity contribution is 5.61. The summed E-state index contributed by atoms with van der Waals surface area (Å²) in [6, 6.07) is 14.3. The molecule has 3 heterocycles. The lowest BCUT2D eigenvalue weighted by molar-refractivity contribution is 0.438. The Labute approximate surface area is 165 Å². The molecule has 1 fully saturated rings. The van der Waals surface area contributed by atoms with Gasteiger partial charge in [0.1, 0.15) is 0 Å². The summed E-state index contributed by atoms with van der Waals surface area (Å²) in [6.07, 6.45) is 5.91. The lowest BCUT2D eigenvalue weighted by Crippen LogP contribution is -2.32. The number of aromatic nitrogens is 4. The van der Waals surface area contributed by atoms with Gasteiger partial charge in [-0.3, -0.25) is 4.98 Å². The first kappa shape index (κ1) is 18.2. The quantitative estimate of drug-likeness (QED) is 0.677. The highest BCUT2D eigenvalue weighted by Gasteiger charge is 2.15. The molecule has 2 aromatic heterocycles. The fourth-order valence-electron chi connectivity index (χ4n) is 3.28. The van der Waals surface area contributed by atoms with Gasteiger partial charge in [-0.15, -0.1) is 5.10 Å². The number of rotatable bonds is 6. The second kappa shape index (κ2) is 8.65. The number of hydrogen-bond acceptors (Lipinski definition) is 7. The van der Waals surface area contributed by atoms with Crippen molar-refractivity contribution >= 4 is 23.1 Å². The molecule has 0 radical (unpaired) electrons. The van der Waals surface area contributed by atoms with Gasteiger partial charge >= 0.3 is 0 Å². The monoisotopic (exact) mass is 375 g/mol. The molecule has 0 bridgehead atoms. The highest BCUT2D eigenvalue weighted by atomic mass is 15.3. The van der Waals surface area contributed by atoms with Crippen LogP contribution in [0.15, 0.2) is 54.9 Å². The first-order valence-corrected chi connectivity index (χ1v) is 9.72. The summed E-state index contributed by atoms with van der Waals surface area (Å²) >= 11 is 0. The molecule has 1 aromatic carbocycles. The van der Waals surface area contributed by atoms with Gasteiger partial charge in [0.25, 0.3) is 0 Å². The van der Waals surface area contributed by atoms with Gasteiger partial charge in [-0.25, -0.2) is 0 Å². The van der Waals surface area contributed by atoms with Crippen molar-refractivity contribution in [1.82, 2.24) is 20.2 Å². The number of nitrogens with one attached hydrogen (secondary N) is 2. The molecule has 3 aromatic rings. The van der Waals surface area contributed by atoms with E-state index in [2.05, 4.69) is 66.9 Å². The van der Waals surface area contributed by atoms with E-state index in [0.717, 1.165) is 30.4 Å². The second-order valence-corrected chi connectivity index (χ2v) is 7.18. The van der Waals surface area contributed by atoms with Gasteiger partial charge in [0.15, 0.2) is 5.82 Å².